The third-order valence-electron chi connectivity index (χ3n) is 3.01. The molecule has 0 saturated heterocycles. The Kier molecular flexibility index (Phi) is 5.04. The van der Waals surface area contributed by atoms with Gasteiger partial charge in [0.2, 0.25) is 0 Å². The van der Waals surface area contributed by atoms with Gasteiger partial charge in [-0.15, -0.1) is 0 Å². The molecule has 5 heteroatoms. The van der Waals surface area contributed by atoms with E-state index in [4.69, 9.17) is 32.1 Å². The van der Waals surface area contributed by atoms with E-state index in [1.807, 2.05) is 12.1 Å². The largest absolute Gasteiger partial charge is 0.495 e. The fourth-order valence-electron chi connectivity index (χ4n) is 1.88. The first-order chi connectivity index (χ1) is 10.2. The van der Waals surface area contributed by atoms with Crippen molar-refractivity contribution in [3.63, 3.8) is 0 Å². The first-order valence-electron chi connectivity index (χ1n) is 6.36. The quantitative estimate of drug-likeness (QED) is 0.920. The highest BCUT2D eigenvalue weighted by molar-refractivity contribution is 6.32. The number of nitrogens with two attached hydrogens (primary N) is 1. The van der Waals surface area contributed by atoms with Crippen LogP contribution in [0.3, 0.4) is 0 Å². The van der Waals surface area contributed by atoms with Crippen LogP contribution in [0.2, 0.25) is 5.02 Å². The van der Waals surface area contributed by atoms with Gasteiger partial charge in [0.15, 0.2) is 0 Å². The van der Waals surface area contributed by atoms with Crippen LogP contribution in [0, 0.1) is 11.3 Å². The van der Waals surface area contributed by atoms with E-state index in [1.165, 1.54) is 7.11 Å². The summed E-state index contributed by atoms with van der Waals surface area (Å²) in [5.74, 6) is 1.13. The minimum absolute atomic E-state index is 0.320. The van der Waals surface area contributed by atoms with Crippen LogP contribution in [0.1, 0.15) is 16.7 Å². The van der Waals surface area contributed by atoms with Gasteiger partial charge in [0, 0.05) is 6.54 Å². The summed E-state index contributed by atoms with van der Waals surface area (Å²) >= 11 is 6.13. The molecule has 21 heavy (non-hydrogen) atoms. The predicted molar refractivity (Wildman–Crippen MR) is 81.4 cm³/mol. The smallest absolute Gasteiger partial charge is 0.138 e. The number of methoxy groups -OCH3 is 1. The van der Waals surface area contributed by atoms with Gasteiger partial charge in [-0.3, -0.25) is 0 Å². The third-order valence-corrected chi connectivity index (χ3v) is 3.31. The molecule has 0 unspecified atom stereocenters. The van der Waals surface area contributed by atoms with E-state index in [1.54, 1.807) is 24.3 Å². The van der Waals surface area contributed by atoms with E-state index in [0.29, 0.717) is 35.2 Å². The molecule has 0 aromatic heterocycles. The molecule has 2 aromatic carbocycles. The van der Waals surface area contributed by atoms with Gasteiger partial charge < -0.3 is 15.2 Å². The van der Waals surface area contributed by atoms with E-state index in [2.05, 4.69) is 6.07 Å². The maximum Gasteiger partial charge on any atom is 0.138 e. The molecule has 0 aliphatic rings. The molecular weight excluding hydrogens is 288 g/mol. The van der Waals surface area contributed by atoms with Crippen molar-refractivity contribution >= 4 is 11.6 Å². The lowest BCUT2D eigenvalue weighted by Gasteiger charge is -2.10. The molecular formula is C16H15ClN2O2. The SMILES string of the molecule is COc1ccc(COc2ccc(CN)cc2Cl)cc1C#N. The molecule has 0 aliphatic heterocycles. The highest BCUT2D eigenvalue weighted by atomic mass is 35.5. The summed E-state index contributed by atoms with van der Waals surface area (Å²) in [4.78, 5) is 0. The molecule has 0 atom stereocenters. The van der Waals surface area contributed by atoms with Crippen LogP contribution in [0.5, 0.6) is 11.5 Å². The summed E-state index contributed by atoms with van der Waals surface area (Å²) in [6, 6.07) is 12.9. The lowest BCUT2D eigenvalue weighted by atomic mass is 10.1. The molecule has 0 spiro atoms. The Balaban J connectivity index is 2.11. The lowest BCUT2D eigenvalue weighted by molar-refractivity contribution is 0.306. The highest BCUT2D eigenvalue weighted by Gasteiger charge is 2.06. The Labute approximate surface area is 128 Å². The van der Waals surface area contributed by atoms with Crippen LogP contribution >= 0.6 is 11.6 Å². The van der Waals surface area contributed by atoms with Gasteiger partial charge in [-0.1, -0.05) is 23.7 Å². The second-order valence-electron chi connectivity index (χ2n) is 4.40. The van der Waals surface area contributed by atoms with Crippen LogP contribution < -0.4 is 15.2 Å². The molecule has 0 radical (unpaired) electrons. The van der Waals surface area contributed by atoms with Crippen molar-refractivity contribution in [1.29, 1.82) is 5.26 Å². The number of nitriles is 1. The van der Waals surface area contributed by atoms with Gasteiger partial charge >= 0.3 is 0 Å². The number of hydrogen-bond acceptors (Lipinski definition) is 4. The van der Waals surface area contributed by atoms with Crippen LogP contribution in [0.4, 0.5) is 0 Å². The van der Waals surface area contributed by atoms with Crippen LogP contribution in [-0.4, -0.2) is 7.11 Å². The molecule has 0 amide bonds. The second kappa shape index (κ2) is 6.98. The summed E-state index contributed by atoms with van der Waals surface area (Å²) in [5.41, 5.74) is 7.84. The fourth-order valence-corrected chi connectivity index (χ4v) is 2.14. The van der Waals surface area contributed by atoms with Gasteiger partial charge in [0.1, 0.15) is 24.2 Å². The van der Waals surface area contributed by atoms with E-state index >= 15 is 0 Å². The van der Waals surface area contributed by atoms with Gasteiger partial charge in [0.05, 0.1) is 17.7 Å². The van der Waals surface area contributed by atoms with Gasteiger partial charge in [-0.2, -0.15) is 5.26 Å². The highest BCUT2D eigenvalue weighted by Crippen LogP contribution is 2.27. The van der Waals surface area contributed by atoms with Gasteiger partial charge in [0.25, 0.3) is 0 Å². The Morgan fingerprint density at radius 1 is 1.14 bits per heavy atom. The van der Waals surface area contributed by atoms with Crippen molar-refractivity contribution < 1.29 is 9.47 Å². The van der Waals surface area contributed by atoms with Crippen molar-refractivity contribution in [1.82, 2.24) is 0 Å². The van der Waals surface area contributed by atoms with Crippen LogP contribution in [0.15, 0.2) is 36.4 Å². The number of benzene rings is 2. The molecule has 2 rings (SSSR count). The predicted octanol–water partition coefficient (Wildman–Crippen LogP) is 3.26. The number of halogens is 1. The van der Waals surface area contributed by atoms with E-state index in [0.717, 1.165) is 11.1 Å². The Hall–Kier alpha value is -2.22. The maximum atomic E-state index is 9.06. The van der Waals surface area contributed by atoms with Gasteiger partial charge in [-0.25, -0.2) is 0 Å². The Morgan fingerprint density at radius 2 is 1.86 bits per heavy atom. The minimum atomic E-state index is 0.320. The molecule has 2 aromatic rings. The van der Waals surface area contributed by atoms with Crippen molar-refractivity contribution in [2.24, 2.45) is 5.73 Å². The summed E-state index contributed by atoms with van der Waals surface area (Å²) in [6.45, 7) is 0.754. The van der Waals surface area contributed by atoms with E-state index in [9.17, 15) is 0 Å². The average molecular weight is 303 g/mol. The zero-order valence-electron chi connectivity index (χ0n) is 11.6. The Bertz CT molecular complexity index is 680. The van der Waals surface area contributed by atoms with Crippen molar-refractivity contribution in [2.45, 2.75) is 13.2 Å². The number of nitrogens with zero attached hydrogens (tertiary/aromatic N) is 1. The number of rotatable bonds is 5. The zero-order valence-corrected chi connectivity index (χ0v) is 12.4. The fraction of sp³-hybridized carbons (Fsp3) is 0.188. The number of ether oxygens (including phenoxy) is 2. The van der Waals surface area contributed by atoms with E-state index in [-0.39, 0.29) is 0 Å². The summed E-state index contributed by atoms with van der Waals surface area (Å²) in [7, 11) is 1.53. The first kappa shape index (κ1) is 15.2. The third kappa shape index (κ3) is 3.66. The molecule has 0 fully saturated rings. The minimum Gasteiger partial charge on any atom is -0.495 e. The summed E-state index contributed by atoms with van der Waals surface area (Å²) in [6.07, 6.45) is 0. The number of hydrogen-bond donors (Lipinski definition) is 1. The van der Waals surface area contributed by atoms with Crippen LogP contribution in [0.25, 0.3) is 0 Å². The molecule has 0 aliphatic carbocycles. The second-order valence-corrected chi connectivity index (χ2v) is 4.81. The van der Waals surface area contributed by atoms with Crippen molar-refractivity contribution in [3.05, 3.63) is 58.1 Å². The molecule has 2 N–H and O–H groups in total. The van der Waals surface area contributed by atoms with Gasteiger partial charge in [-0.05, 0) is 35.4 Å². The van der Waals surface area contributed by atoms with Crippen molar-refractivity contribution in [2.75, 3.05) is 7.11 Å². The molecule has 0 heterocycles. The van der Waals surface area contributed by atoms with Crippen molar-refractivity contribution in [3.8, 4) is 17.6 Å². The standard InChI is InChI=1S/C16H15ClN2O2/c1-20-15-4-3-12(6-13(15)9-19)10-21-16-5-2-11(8-18)7-14(16)17/h2-7H,8,10,18H2,1H3. The van der Waals surface area contributed by atoms with Crippen LogP contribution in [-0.2, 0) is 13.2 Å². The monoisotopic (exact) mass is 302 g/mol. The molecule has 4 nitrogen and oxygen atoms in total. The summed E-state index contributed by atoms with van der Waals surface area (Å²) in [5, 5.41) is 9.58. The molecule has 0 saturated carbocycles. The molecule has 108 valence electrons. The molecule has 0 bridgehead atoms. The summed E-state index contributed by atoms with van der Waals surface area (Å²) < 4.78 is 10.8. The first-order valence-corrected chi connectivity index (χ1v) is 6.74. The Morgan fingerprint density at radius 3 is 2.48 bits per heavy atom. The van der Waals surface area contributed by atoms with E-state index < -0.39 is 0 Å². The average Bonchev–Trinajstić information content (AvgIpc) is 2.53. The zero-order chi connectivity index (χ0) is 15.2. The topological polar surface area (TPSA) is 68.3 Å². The maximum absolute atomic E-state index is 9.06. The lowest BCUT2D eigenvalue weighted by Crippen LogP contribution is -1.99. The normalized spacial score (nSPS) is 10.0.